The van der Waals surface area contributed by atoms with Crippen LogP contribution in [0.3, 0.4) is 0 Å². The summed E-state index contributed by atoms with van der Waals surface area (Å²) in [5, 5.41) is 2.66. The molecule has 3 aliphatic rings. The maximum atomic E-state index is 13.4. The van der Waals surface area contributed by atoms with E-state index in [1.54, 1.807) is 0 Å². The number of allylic oxidation sites excluding steroid dienone is 2. The van der Waals surface area contributed by atoms with E-state index in [0.29, 0.717) is 31.7 Å². The molecule has 2 aliphatic heterocycles. The van der Waals surface area contributed by atoms with E-state index in [9.17, 15) is 27.2 Å². The Labute approximate surface area is 257 Å². The molecule has 2 heterocycles. The van der Waals surface area contributed by atoms with Crippen molar-refractivity contribution in [2.24, 2.45) is 17.6 Å². The number of nitrogens with one attached hydrogen (secondary N) is 2. The standard InChI is InChI=1S/C15H26N2O3S.C13H14Cl2FN3O2/c1-2-3-4-5-6-9-13-12-14(13)15(18)16-21(19,20)17-10-7-8-11-17;14-8-4-7(5-9(16)12(8)15)18-6-11(20)19-3-1-2-10(19)13(17)21/h6,9,13-14H,2-5,7-8,10-12H2,1H3,(H,16,18);4-5,10,18H,1-3,6H2,(H2,17,21)/b9-6-;/t13?,14-;10-/m00/s1. The largest absolute Gasteiger partial charge is 0.376 e. The molecular formula is C28H40Cl2FN5O5S. The summed E-state index contributed by atoms with van der Waals surface area (Å²) < 4.78 is 41.0. The quantitative estimate of drug-likeness (QED) is 0.176. The first-order chi connectivity index (χ1) is 19.9. The third-order valence-corrected chi connectivity index (χ3v) is 9.78. The second-order valence-corrected chi connectivity index (χ2v) is 13.2. The molecule has 0 spiro atoms. The number of unbranched alkanes of at least 4 members (excludes halogenated alkanes) is 3. The van der Waals surface area contributed by atoms with Crippen LogP contribution in [0, 0.1) is 17.7 Å². The monoisotopic (exact) mass is 647 g/mol. The number of nitrogens with two attached hydrogens (primary N) is 1. The Bertz CT molecular complexity index is 1240. The molecule has 1 aromatic carbocycles. The second-order valence-electron chi connectivity index (χ2n) is 10.8. The molecule has 3 atom stereocenters. The number of benzene rings is 1. The third-order valence-electron chi connectivity index (χ3n) is 7.50. The molecule has 3 fully saturated rings. The molecular weight excluding hydrogens is 608 g/mol. The summed E-state index contributed by atoms with van der Waals surface area (Å²) in [7, 11) is -3.61. The highest BCUT2D eigenvalue weighted by Crippen LogP contribution is 2.40. The van der Waals surface area contributed by atoms with Gasteiger partial charge in [-0.2, -0.15) is 12.7 Å². The predicted octanol–water partition coefficient (Wildman–Crippen LogP) is 4.24. The van der Waals surface area contributed by atoms with Gasteiger partial charge in [0.05, 0.1) is 16.6 Å². The molecule has 0 bridgehead atoms. The van der Waals surface area contributed by atoms with Crippen molar-refractivity contribution < 1.29 is 27.2 Å². The lowest BCUT2D eigenvalue weighted by Crippen LogP contribution is -2.45. The molecule has 1 saturated carbocycles. The van der Waals surface area contributed by atoms with E-state index in [4.69, 9.17) is 28.9 Å². The lowest BCUT2D eigenvalue weighted by atomic mass is 10.2. The number of carbonyl (C=O) groups excluding carboxylic acids is 3. The number of rotatable bonds is 12. The van der Waals surface area contributed by atoms with Crippen molar-refractivity contribution in [1.29, 1.82) is 0 Å². The van der Waals surface area contributed by atoms with Crippen molar-refractivity contribution in [2.75, 3.05) is 31.5 Å². The van der Waals surface area contributed by atoms with Crippen LogP contribution in [0.5, 0.6) is 0 Å². The fourth-order valence-electron chi connectivity index (χ4n) is 5.01. The Morgan fingerprint density at radius 3 is 2.48 bits per heavy atom. The first-order valence-electron chi connectivity index (χ1n) is 14.4. The van der Waals surface area contributed by atoms with Crippen LogP contribution in [0.1, 0.15) is 64.7 Å². The van der Waals surface area contributed by atoms with Gasteiger partial charge < -0.3 is 16.0 Å². The first kappa shape index (κ1) is 34.1. The van der Waals surface area contributed by atoms with Crippen molar-refractivity contribution >= 4 is 56.8 Å². The SMILES string of the molecule is CCCCC/C=C\C1C[C@@H]1C(=O)NS(=O)(=O)N1CCCC1.NC(=O)[C@@H]1CCCN1C(=O)CNc1cc(F)c(Cl)c(Cl)c1. The summed E-state index contributed by atoms with van der Waals surface area (Å²) in [6.45, 7) is 3.62. The van der Waals surface area contributed by atoms with Crippen molar-refractivity contribution in [2.45, 2.75) is 70.8 Å². The van der Waals surface area contributed by atoms with E-state index in [0.717, 1.165) is 38.2 Å². The predicted molar refractivity (Wildman–Crippen MR) is 162 cm³/mol. The van der Waals surface area contributed by atoms with E-state index in [-0.39, 0.29) is 40.2 Å². The normalized spacial score (nSPS) is 22.1. The second kappa shape index (κ2) is 15.9. The number of hydrogen-bond acceptors (Lipinski definition) is 6. The van der Waals surface area contributed by atoms with Gasteiger partial charge in [0.15, 0.2) is 0 Å². The number of amides is 3. The number of anilines is 1. The maximum absolute atomic E-state index is 13.4. The van der Waals surface area contributed by atoms with Crippen molar-refractivity contribution in [3.05, 3.63) is 40.1 Å². The Morgan fingerprint density at radius 1 is 1.12 bits per heavy atom. The van der Waals surface area contributed by atoms with Gasteiger partial charge in [-0.05, 0) is 63.0 Å². The Kier molecular flexibility index (Phi) is 12.9. The van der Waals surface area contributed by atoms with Crippen LogP contribution in [0.15, 0.2) is 24.3 Å². The molecule has 0 aromatic heterocycles. The molecule has 4 rings (SSSR count). The Balaban J connectivity index is 0.000000230. The maximum Gasteiger partial charge on any atom is 0.303 e. The topological polar surface area (TPSA) is 142 Å². The van der Waals surface area contributed by atoms with Gasteiger partial charge in [0.25, 0.3) is 0 Å². The molecule has 42 heavy (non-hydrogen) atoms. The zero-order valence-corrected chi connectivity index (χ0v) is 26.1. The van der Waals surface area contributed by atoms with Crippen LogP contribution >= 0.6 is 23.2 Å². The molecule has 14 heteroatoms. The van der Waals surface area contributed by atoms with Gasteiger partial charge in [-0.15, -0.1) is 0 Å². The van der Waals surface area contributed by atoms with Gasteiger partial charge in [-0.1, -0.05) is 55.1 Å². The smallest absolute Gasteiger partial charge is 0.303 e. The summed E-state index contributed by atoms with van der Waals surface area (Å²) in [6.07, 6.45) is 12.7. The number of carbonyl (C=O) groups is 3. The van der Waals surface area contributed by atoms with Gasteiger partial charge >= 0.3 is 10.2 Å². The highest BCUT2D eigenvalue weighted by atomic mass is 35.5. The van der Waals surface area contributed by atoms with Crippen LogP contribution < -0.4 is 15.8 Å². The first-order valence-corrected chi connectivity index (χ1v) is 16.6. The van der Waals surface area contributed by atoms with Gasteiger partial charge in [0, 0.05) is 31.2 Å². The van der Waals surface area contributed by atoms with Crippen molar-refractivity contribution in [1.82, 2.24) is 13.9 Å². The average molecular weight is 649 g/mol. The van der Waals surface area contributed by atoms with E-state index >= 15 is 0 Å². The van der Waals surface area contributed by atoms with E-state index in [1.807, 2.05) is 0 Å². The van der Waals surface area contributed by atoms with Gasteiger partial charge in [0.2, 0.25) is 17.7 Å². The molecule has 10 nitrogen and oxygen atoms in total. The van der Waals surface area contributed by atoms with Crippen LogP contribution in [0.25, 0.3) is 0 Å². The lowest BCUT2D eigenvalue weighted by molar-refractivity contribution is -0.135. The van der Waals surface area contributed by atoms with Crippen LogP contribution in [-0.2, 0) is 24.6 Å². The summed E-state index contributed by atoms with van der Waals surface area (Å²) in [4.78, 5) is 36.7. The fourth-order valence-corrected chi connectivity index (χ4v) is 6.60. The van der Waals surface area contributed by atoms with Gasteiger partial charge in [0.1, 0.15) is 11.9 Å². The van der Waals surface area contributed by atoms with Crippen molar-refractivity contribution in [3.63, 3.8) is 0 Å². The summed E-state index contributed by atoms with van der Waals surface area (Å²) in [6, 6.07) is 2.01. The lowest BCUT2D eigenvalue weighted by Gasteiger charge is -2.22. The average Bonchev–Trinajstić information content (AvgIpc) is 3.31. The summed E-state index contributed by atoms with van der Waals surface area (Å²) in [5.74, 6) is -1.74. The van der Waals surface area contributed by atoms with E-state index < -0.39 is 28.0 Å². The molecule has 1 aliphatic carbocycles. The van der Waals surface area contributed by atoms with Gasteiger partial charge in [-0.25, -0.2) is 9.11 Å². The van der Waals surface area contributed by atoms with Crippen LogP contribution in [0.4, 0.5) is 10.1 Å². The number of likely N-dealkylation sites (tertiary alicyclic amines) is 1. The number of nitrogens with zero attached hydrogens (tertiary/aromatic N) is 2. The molecule has 1 aromatic rings. The van der Waals surface area contributed by atoms with E-state index in [1.165, 1.54) is 34.5 Å². The molecule has 1 unspecified atom stereocenters. The molecule has 2 saturated heterocycles. The van der Waals surface area contributed by atoms with Crippen molar-refractivity contribution in [3.8, 4) is 0 Å². The van der Waals surface area contributed by atoms with Crippen LogP contribution in [-0.4, -0.2) is 67.6 Å². The molecule has 0 radical (unpaired) electrons. The number of hydrogen-bond donors (Lipinski definition) is 3. The minimum absolute atomic E-state index is 0.0581. The summed E-state index contributed by atoms with van der Waals surface area (Å²) >= 11 is 11.4. The zero-order valence-electron chi connectivity index (χ0n) is 23.8. The zero-order chi connectivity index (χ0) is 30.9. The highest BCUT2D eigenvalue weighted by Gasteiger charge is 2.43. The minimum Gasteiger partial charge on any atom is -0.376 e. The molecule has 3 amide bonds. The van der Waals surface area contributed by atoms with Gasteiger partial charge in [-0.3, -0.25) is 14.4 Å². The Hall–Kier alpha value is -2.41. The number of primary amides is 1. The summed E-state index contributed by atoms with van der Waals surface area (Å²) in [5.41, 5.74) is 5.59. The number of halogens is 3. The minimum atomic E-state index is -3.61. The molecule has 4 N–H and O–H groups in total. The third kappa shape index (κ3) is 9.82. The molecule has 234 valence electrons. The van der Waals surface area contributed by atoms with Crippen LogP contribution in [0.2, 0.25) is 10.0 Å². The highest BCUT2D eigenvalue weighted by molar-refractivity contribution is 7.87. The van der Waals surface area contributed by atoms with E-state index in [2.05, 4.69) is 29.1 Å². The fraction of sp³-hybridized carbons (Fsp3) is 0.607. The Morgan fingerprint density at radius 2 is 1.83 bits per heavy atom.